The van der Waals surface area contributed by atoms with Gasteiger partial charge in [-0.05, 0) is 31.4 Å². The summed E-state index contributed by atoms with van der Waals surface area (Å²) in [5.74, 6) is 0.146. The number of likely N-dealkylation sites (N-methyl/N-ethyl adjacent to an activating group) is 1. The molecule has 0 unspecified atom stereocenters. The first-order valence-corrected chi connectivity index (χ1v) is 6.52. The lowest BCUT2D eigenvalue weighted by Gasteiger charge is -2.38. The van der Waals surface area contributed by atoms with Gasteiger partial charge in [0.15, 0.2) is 0 Å². The summed E-state index contributed by atoms with van der Waals surface area (Å²) in [6, 6.07) is 5.84. The second-order valence-corrected chi connectivity index (χ2v) is 5.28. The number of nitrogens with two attached hydrogens (primary N) is 1. The van der Waals surface area contributed by atoms with E-state index in [2.05, 4.69) is 4.98 Å². The zero-order chi connectivity index (χ0) is 13.0. The van der Waals surface area contributed by atoms with E-state index in [0.29, 0.717) is 13.0 Å². The number of carbonyl (C=O) groups is 1. The molecule has 1 amide bonds. The highest BCUT2D eigenvalue weighted by Gasteiger charge is 2.35. The molecule has 0 atom stereocenters. The quantitative estimate of drug-likeness (QED) is 0.854. The van der Waals surface area contributed by atoms with E-state index in [9.17, 15) is 4.79 Å². The van der Waals surface area contributed by atoms with Crippen molar-refractivity contribution in [2.24, 2.45) is 5.73 Å². The molecule has 1 aromatic heterocycles. The van der Waals surface area contributed by atoms with Crippen LogP contribution in [0, 0.1) is 0 Å². The van der Waals surface area contributed by atoms with Crippen LogP contribution in [0.5, 0.6) is 0 Å². The molecule has 2 rings (SSSR count). The minimum absolute atomic E-state index is 0.146. The summed E-state index contributed by atoms with van der Waals surface area (Å²) < 4.78 is 0. The summed E-state index contributed by atoms with van der Waals surface area (Å²) in [4.78, 5) is 18.0. The number of carbonyl (C=O) groups excluding carboxylic acids is 1. The van der Waals surface area contributed by atoms with Crippen molar-refractivity contribution < 1.29 is 4.79 Å². The van der Waals surface area contributed by atoms with Gasteiger partial charge in [0.05, 0.1) is 0 Å². The van der Waals surface area contributed by atoms with Crippen LogP contribution in [0.3, 0.4) is 0 Å². The van der Waals surface area contributed by atoms with E-state index in [1.165, 1.54) is 0 Å². The molecule has 0 aromatic carbocycles. The van der Waals surface area contributed by atoms with Crippen molar-refractivity contribution >= 4 is 5.91 Å². The Morgan fingerprint density at radius 3 is 2.83 bits per heavy atom. The van der Waals surface area contributed by atoms with Crippen LogP contribution in [0.2, 0.25) is 0 Å². The Balaban J connectivity index is 1.77. The highest BCUT2D eigenvalue weighted by atomic mass is 16.2. The lowest BCUT2D eigenvalue weighted by Crippen LogP contribution is -2.50. The molecule has 0 bridgehead atoms. The Labute approximate surface area is 108 Å². The van der Waals surface area contributed by atoms with Crippen LogP contribution in [0.4, 0.5) is 0 Å². The Kier molecular flexibility index (Phi) is 3.97. The lowest BCUT2D eigenvalue weighted by atomic mass is 9.75. The summed E-state index contributed by atoms with van der Waals surface area (Å²) in [6.45, 7) is 0.700. The van der Waals surface area contributed by atoms with Gasteiger partial charge in [-0.2, -0.15) is 0 Å². The standard InChI is InChI=1S/C14H21N3O/c1-17(10-6-12-5-2-3-9-16-12)13(18)11-14(15)7-4-8-14/h2-3,5,9H,4,6-8,10-11,15H2,1H3. The number of hydrogen-bond acceptors (Lipinski definition) is 3. The SMILES string of the molecule is CN(CCc1ccccn1)C(=O)CC1(N)CCC1. The molecule has 1 aliphatic rings. The van der Waals surface area contributed by atoms with Crippen LogP contribution < -0.4 is 5.73 Å². The topological polar surface area (TPSA) is 59.2 Å². The van der Waals surface area contributed by atoms with Crippen molar-refractivity contribution in [2.45, 2.75) is 37.6 Å². The Hall–Kier alpha value is -1.42. The van der Waals surface area contributed by atoms with Crippen LogP contribution in [0.1, 0.15) is 31.4 Å². The highest BCUT2D eigenvalue weighted by molar-refractivity contribution is 5.77. The fraction of sp³-hybridized carbons (Fsp3) is 0.571. The first-order valence-electron chi connectivity index (χ1n) is 6.52. The van der Waals surface area contributed by atoms with Crippen LogP contribution in [-0.2, 0) is 11.2 Å². The van der Waals surface area contributed by atoms with E-state index >= 15 is 0 Å². The lowest BCUT2D eigenvalue weighted by molar-refractivity contribution is -0.131. The second-order valence-electron chi connectivity index (χ2n) is 5.28. The first kappa shape index (κ1) is 13.0. The van der Waals surface area contributed by atoms with Crippen molar-refractivity contribution in [1.82, 2.24) is 9.88 Å². The molecule has 1 fully saturated rings. The van der Waals surface area contributed by atoms with E-state index in [1.807, 2.05) is 25.2 Å². The third-order valence-electron chi connectivity index (χ3n) is 3.71. The fourth-order valence-electron chi connectivity index (χ4n) is 2.20. The summed E-state index contributed by atoms with van der Waals surface area (Å²) >= 11 is 0. The van der Waals surface area contributed by atoms with Crippen molar-refractivity contribution in [3.63, 3.8) is 0 Å². The van der Waals surface area contributed by atoms with Crippen LogP contribution in [0.25, 0.3) is 0 Å². The van der Waals surface area contributed by atoms with E-state index in [0.717, 1.165) is 31.4 Å². The van der Waals surface area contributed by atoms with Gasteiger partial charge in [-0.25, -0.2) is 0 Å². The molecule has 18 heavy (non-hydrogen) atoms. The van der Waals surface area contributed by atoms with Gasteiger partial charge in [-0.1, -0.05) is 6.07 Å². The summed E-state index contributed by atoms with van der Waals surface area (Å²) in [6.07, 6.45) is 6.16. The monoisotopic (exact) mass is 247 g/mol. The van der Waals surface area contributed by atoms with Crippen LogP contribution >= 0.6 is 0 Å². The number of rotatable bonds is 5. The molecule has 0 aliphatic heterocycles. The minimum atomic E-state index is -0.226. The van der Waals surface area contributed by atoms with Crippen molar-refractivity contribution in [1.29, 1.82) is 0 Å². The van der Waals surface area contributed by atoms with Gasteiger partial charge in [-0.15, -0.1) is 0 Å². The smallest absolute Gasteiger partial charge is 0.224 e. The highest BCUT2D eigenvalue weighted by Crippen LogP contribution is 2.32. The average Bonchev–Trinajstić information content (AvgIpc) is 2.35. The molecule has 1 saturated carbocycles. The maximum absolute atomic E-state index is 12.0. The number of pyridine rings is 1. The van der Waals surface area contributed by atoms with Crippen LogP contribution in [-0.4, -0.2) is 34.9 Å². The summed E-state index contributed by atoms with van der Waals surface area (Å²) in [5, 5.41) is 0. The number of aromatic nitrogens is 1. The molecule has 2 N–H and O–H groups in total. The Morgan fingerprint density at radius 2 is 2.28 bits per heavy atom. The van der Waals surface area contributed by atoms with E-state index in [-0.39, 0.29) is 11.4 Å². The number of hydrogen-bond donors (Lipinski definition) is 1. The number of amides is 1. The molecule has 1 heterocycles. The molecule has 0 radical (unpaired) electrons. The Bertz CT molecular complexity index is 401. The fourth-order valence-corrected chi connectivity index (χ4v) is 2.20. The maximum Gasteiger partial charge on any atom is 0.224 e. The normalized spacial score (nSPS) is 17.0. The third kappa shape index (κ3) is 3.29. The summed E-state index contributed by atoms with van der Waals surface area (Å²) in [5.41, 5.74) is 6.88. The zero-order valence-electron chi connectivity index (χ0n) is 10.9. The van der Waals surface area contributed by atoms with Gasteiger partial charge in [-0.3, -0.25) is 9.78 Å². The molecule has 4 nitrogen and oxygen atoms in total. The van der Waals surface area contributed by atoms with E-state index < -0.39 is 0 Å². The second kappa shape index (κ2) is 5.48. The molecule has 4 heteroatoms. The molecule has 0 spiro atoms. The molecule has 98 valence electrons. The van der Waals surface area contributed by atoms with E-state index in [4.69, 9.17) is 5.73 Å². The van der Waals surface area contributed by atoms with Crippen molar-refractivity contribution in [3.8, 4) is 0 Å². The summed E-state index contributed by atoms with van der Waals surface area (Å²) in [7, 11) is 1.84. The van der Waals surface area contributed by atoms with Gasteiger partial charge in [0.25, 0.3) is 0 Å². The largest absolute Gasteiger partial charge is 0.345 e. The zero-order valence-corrected chi connectivity index (χ0v) is 10.9. The minimum Gasteiger partial charge on any atom is -0.345 e. The van der Waals surface area contributed by atoms with Gasteiger partial charge in [0, 0.05) is 43.9 Å². The molecule has 0 saturated heterocycles. The number of nitrogens with zero attached hydrogens (tertiary/aromatic N) is 2. The molecule has 1 aliphatic carbocycles. The maximum atomic E-state index is 12.0. The first-order chi connectivity index (χ1) is 8.59. The molecular weight excluding hydrogens is 226 g/mol. The van der Waals surface area contributed by atoms with Gasteiger partial charge >= 0.3 is 0 Å². The van der Waals surface area contributed by atoms with Crippen molar-refractivity contribution in [3.05, 3.63) is 30.1 Å². The average molecular weight is 247 g/mol. The van der Waals surface area contributed by atoms with E-state index in [1.54, 1.807) is 11.1 Å². The molecule has 1 aromatic rings. The predicted molar refractivity (Wildman–Crippen MR) is 71.0 cm³/mol. The predicted octanol–water partition coefficient (Wildman–Crippen LogP) is 1.35. The Morgan fingerprint density at radius 1 is 1.50 bits per heavy atom. The van der Waals surface area contributed by atoms with Gasteiger partial charge in [0.2, 0.25) is 5.91 Å². The van der Waals surface area contributed by atoms with Crippen LogP contribution in [0.15, 0.2) is 24.4 Å². The van der Waals surface area contributed by atoms with Gasteiger partial charge in [0.1, 0.15) is 0 Å². The van der Waals surface area contributed by atoms with Crippen molar-refractivity contribution in [2.75, 3.05) is 13.6 Å². The van der Waals surface area contributed by atoms with Gasteiger partial charge < -0.3 is 10.6 Å². The third-order valence-corrected chi connectivity index (χ3v) is 3.71. The molecular formula is C14H21N3O.